The molecule has 0 atom stereocenters. The molecule has 0 saturated carbocycles. The van der Waals surface area contributed by atoms with Gasteiger partial charge in [-0.2, -0.15) is 0 Å². The van der Waals surface area contributed by atoms with Crippen molar-refractivity contribution in [3.05, 3.63) is 41.9 Å². The molecule has 6 nitrogen and oxygen atoms in total. The van der Waals surface area contributed by atoms with E-state index in [4.69, 9.17) is 4.74 Å². The highest BCUT2D eigenvalue weighted by molar-refractivity contribution is 6.83. The van der Waals surface area contributed by atoms with Gasteiger partial charge in [0.25, 0.3) is 0 Å². The second-order valence-electron chi connectivity index (χ2n) is 6.57. The summed E-state index contributed by atoms with van der Waals surface area (Å²) in [6.45, 7) is 8.44. The molecule has 2 aromatic heterocycles. The van der Waals surface area contributed by atoms with Crippen LogP contribution in [-0.4, -0.2) is 31.1 Å². The van der Waals surface area contributed by atoms with Gasteiger partial charge in [0.1, 0.15) is 25.4 Å². The van der Waals surface area contributed by atoms with Crippen LogP contribution in [0, 0.1) is 18.4 Å². The average molecular weight is 354 g/mol. The normalized spacial score (nSPS) is 10.4. The van der Waals surface area contributed by atoms with Crippen molar-refractivity contribution < 1.29 is 9.53 Å². The van der Waals surface area contributed by atoms with E-state index in [1.54, 1.807) is 31.7 Å². The number of aryl methyl sites for hydroxylation is 1. The van der Waals surface area contributed by atoms with Crippen molar-refractivity contribution in [2.75, 3.05) is 12.4 Å². The molecule has 0 spiro atoms. The number of nitrogens with zero attached hydrogens (tertiary/aromatic N) is 2. The maximum absolute atomic E-state index is 11.5. The summed E-state index contributed by atoms with van der Waals surface area (Å²) in [5.74, 6) is 4.67. The van der Waals surface area contributed by atoms with E-state index in [2.05, 4.69) is 51.7 Å². The number of urea groups is 1. The number of aromatic nitrogens is 2. The maximum Gasteiger partial charge on any atom is 0.320 e. The number of amides is 2. The average Bonchev–Trinajstić information content (AvgIpc) is 2.53. The van der Waals surface area contributed by atoms with Gasteiger partial charge in [0, 0.05) is 25.5 Å². The molecule has 130 valence electrons. The highest BCUT2D eigenvalue weighted by Gasteiger charge is 2.11. The van der Waals surface area contributed by atoms with Crippen molar-refractivity contribution >= 4 is 19.9 Å². The molecule has 0 aliphatic rings. The van der Waals surface area contributed by atoms with Crippen molar-refractivity contribution in [2.24, 2.45) is 0 Å². The first-order valence-corrected chi connectivity index (χ1v) is 11.4. The first kappa shape index (κ1) is 18.5. The van der Waals surface area contributed by atoms with Gasteiger partial charge in [-0.3, -0.25) is 10.3 Å². The quantitative estimate of drug-likeness (QED) is 0.653. The van der Waals surface area contributed by atoms with Gasteiger partial charge in [-0.25, -0.2) is 9.78 Å². The molecular weight excluding hydrogens is 332 g/mol. The number of carbonyl (C=O) groups is 1. The largest absolute Gasteiger partial charge is 0.454 e. The van der Waals surface area contributed by atoms with Gasteiger partial charge in [0.2, 0.25) is 0 Å². The van der Waals surface area contributed by atoms with Gasteiger partial charge in [-0.15, -0.1) is 5.54 Å². The second kappa shape index (κ2) is 7.81. The number of hydrogen-bond donors (Lipinski definition) is 2. The van der Waals surface area contributed by atoms with Crippen molar-refractivity contribution in [3.63, 3.8) is 0 Å². The van der Waals surface area contributed by atoms with Gasteiger partial charge >= 0.3 is 6.03 Å². The Morgan fingerprint density at radius 1 is 1.20 bits per heavy atom. The van der Waals surface area contributed by atoms with E-state index in [0.717, 1.165) is 5.56 Å². The fraction of sp³-hybridized carbons (Fsp3) is 0.278. The lowest BCUT2D eigenvalue weighted by atomic mass is 10.2. The lowest BCUT2D eigenvalue weighted by Crippen LogP contribution is -2.24. The Morgan fingerprint density at radius 2 is 1.96 bits per heavy atom. The fourth-order valence-electron chi connectivity index (χ4n) is 1.83. The van der Waals surface area contributed by atoms with Crippen LogP contribution >= 0.6 is 0 Å². The van der Waals surface area contributed by atoms with Crippen LogP contribution in [0.5, 0.6) is 11.5 Å². The molecule has 25 heavy (non-hydrogen) atoms. The lowest BCUT2D eigenvalue weighted by molar-refractivity contribution is 0.254. The predicted octanol–water partition coefficient (Wildman–Crippen LogP) is 3.56. The number of rotatable bonds is 3. The molecule has 2 aromatic rings. The minimum atomic E-state index is -1.55. The van der Waals surface area contributed by atoms with Crippen LogP contribution in [-0.2, 0) is 0 Å². The SMILES string of the molecule is CNC(=O)Nc1cc(Oc2cncc(C)c2)c(C#C[Si](C)(C)C)cn1. The molecular formula is C18H22N4O2Si. The Labute approximate surface area is 149 Å². The van der Waals surface area contributed by atoms with Gasteiger partial charge in [-0.05, 0) is 18.6 Å². The summed E-state index contributed by atoms with van der Waals surface area (Å²) in [7, 11) is -0.00538. The Balaban J connectivity index is 2.40. The third kappa shape index (κ3) is 5.93. The van der Waals surface area contributed by atoms with Gasteiger partial charge in [0.05, 0.1) is 11.8 Å². The highest BCUT2D eigenvalue weighted by Crippen LogP contribution is 2.27. The van der Waals surface area contributed by atoms with Crippen LogP contribution in [0.15, 0.2) is 30.7 Å². The van der Waals surface area contributed by atoms with E-state index in [9.17, 15) is 4.79 Å². The molecule has 0 radical (unpaired) electrons. The van der Waals surface area contributed by atoms with Crippen LogP contribution in [0.1, 0.15) is 11.1 Å². The van der Waals surface area contributed by atoms with Crippen LogP contribution in [0.25, 0.3) is 0 Å². The van der Waals surface area contributed by atoms with E-state index in [-0.39, 0.29) is 6.03 Å². The van der Waals surface area contributed by atoms with E-state index in [1.807, 2.05) is 13.0 Å². The second-order valence-corrected chi connectivity index (χ2v) is 11.3. The van der Waals surface area contributed by atoms with Crippen molar-refractivity contribution in [3.8, 4) is 23.0 Å². The van der Waals surface area contributed by atoms with E-state index < -0.39 is 8.07 Å². The first-order valence-electron chi connectivity index (χ1n) is 7.88. The summed E-state index contributed by atoms with van der Waals surface area (Å²) in [6.07, 6.45) is 5.00. The van der Waals surface area contributed by atoms with Gasteiger partial charge < -0.3 is 10.1 Å². The molecule has 0 fully saturated rings. The zero-order chi connectivity index (χ0) is 18.4. The molecule has 0 unspecified atom stereocenters. The summed E-state index contributed by atoms with van der Waals surface area (Å²) in [5.41, 5.74) is 4.96. The van der Waals surface area contributed by atoms with E-state index >= 15 is 0 Å². The number of carbonyl (C=O) groups excluding carboxylic acids is 1. The predicted molar refractivity (Wildman–Crippen MR) is 102 cm³/mol. The number of hydrogen-bond acceptors (Lipinski definition) is 4. The molecule has 0 saturated heterocycles. The summed E-state index contributed by atoms with van der Waals surface area (Å²) in [4.78, 5) is 19.9. The third-order valence-corrected chi connectivity index (χ3v) is 3.86. The summed E-state index contributed by atoms with van der Waals surface area (Å²) < 4.78 is 5.95. The molecule has 7 heteroatoms. The maximum atomic E-state index is 11.5. The number of ether oxygens (including phenoxy) is 1. The molecule has 2 amide bonds. The Bertz CT molecular complexity index is 835. The smallest absolute Gasteiger partial charge is 0.320 e. The standard InChI is InChI=1S/C18H22N4O2Si/c1-13-8-15(12-20-10-13)24-16-9-17(22-18(23)19-2)21-11-14(16)6-7-25(3,4)5/h8-12H,1-5H3,(H2,19,21,22,23). The topological polar surface area (TPSA) is 76.1 Å². The zero-order valence-corrected chi connectivity index (χ0v) is 16.1. The molecule has 0 bridgehead atoms. The Kier molecular flexibility index (Phi) is 5.78. The van der Waals surface area contributed by atoms with Crippen LogP contribution in [0.4, 0.5) is 10.6 Å². The number of pyridine rings is 2. The highest BCUT2D eigenvalue weighted by atomic mass is 28.3. The molecule has 0 aromatic carbocycles. The lowest BCUT2D eigenvalue weighted by Gasteiger charge is -2.11. The number of anilines is 1. The van der Waals surface area contributed by atoms with Gasteiger partial charge in [0.15, 0.2) is 0 Å². The monoisotopic (exact) mass is 354 g/mol. The number of nitrogens with one attached hydrogen (secondary N) is 2. The molecule has 0 aliphatic heterocycles. The summed E-state index contributed by atoms with van der Waals surface area (Å²) in [5, 5.41) is 5.12. The van der Waals surface area contributed by atoms with E-state index in [1.165, 1.54) is 0 Å². The third-order valence-electron chi connectivity index (χ3n) is 2.98. The van der Waals surface area contributed by atoms with Crippen molar-refractivity contribution in [1.29, 1.82) is 0 Å². The summed E-state index contributed by atoms with van der Waals surface area (Å²) in [6, 6.07) is 3.19. The van der Waals surface area contributed by atoms with Crippen molar-refractivity contribution in [1.82, 2.24) is 15.3 Å². The molecule has 2 heterocycles. The molecule has 0 aliphatic carbocycles. The molecule has 2 N–H and O–H groups in total. The fourth-order valence-corrected chi connectivity index (χ4v) is 2.34. The minimum Gasteiger partial charge on any atom is -0.454 e. The first-order chi connectivity index (χ1) is 11.8. The van der Waals surface area contributed by atoms with Crippen molar-refractivity contribution in [2.45, 2.75) is 26.6 Å². The van der Waals surface area contributed by atoms with Crippen LogP contribution < -0.4 is 15.4 Å². The summed E-state index contributed by atoms with van der Waals surface area (Å²) >= 11 is 0. The Hall–Kier alpha value is -2.85. The Morgan fingerprint density at radius 3 is 2.60 bits per heavy atom. The van der Waals surface area contributed by atoms with E-state index in [0.29, 0.717) is 22.9 Å². The van der Waals surface area contributed by atoms with Gasteiger partial charge in [-0.1, -0.05) is 25.6 Å². The minimum absolute atomic E-state index is 0.350. The zero-order valence-electron chi connectivity index (χ0n) is 15.1. The molecule has 2 rings (SSSR count). The van der Waals surface area contributed by atoms with Crippen LogP contribution in [0.3, 0.4) is 0 Å². The van der Waals surface area contributed by atoms with Crippen LogP contribution in [0.2, 0.25) is 19.6 Å².